The number of benzene rings is 3. The van der Waals surface area contributed by atoms with Gasteiger partial charge in [0.05, 0.1) is 23.5 Å². The summed E-state index contributed by atoms with van der Waals surface area (Å²) in [5, 5.41) is 3.83. The third kappa shape index (κ3) is 4.71. The maximum absolute atomic E-state index is 12.2. The summed E-state index contributed by atoms with van der Waals surface area (Å²) in [6.45, 7) is 3.77. The van der Waals surface area contributed by atoms with E-state index in [2.05, 4.69) is 16.0 Å². The van der Waals surface area contributed by atoms with Crippen molar-refractivity contribution in [2.24, 2.45) is 5.92 Å². The highest BCUT2D eigenvalue weighted by molar-refractivity contribution is 6.01. The number of rotatable bonds is 8. The summed E-state index contributed by atoms with van der Waals surface area (Å²) in [6, 6.07) is 23.4. The zero-order valence-electron chi connectivity index (χ0n) is 19.3. The predicted octanol–water partition coefficient (Wildman–Crippen LogP) is 6.45. The minimum atomic E-state index is -0.484. The third-order valence-corrected chi connectivity index (χ3v) is 6.14. The van der Waals surface area contributed by atoms with Crippen molar-refractivity contribution in [3.8, 4) is 17.0 Å². The van der Waals surface area contributed by atoms with Gasteiger partial charge in [0.15, 0.2) is 0 Å². The van der Waals surface area contributed by atoms with Crippen LogP contribution in [0.25, 0.3) is 22.2 Å². The van der Waals surface area contributed by atoms with Gasteiger partial charge >= 0.3 is 6.09 Å². The van der Waals surface area contributed by atoms with Crippen molar-refractivity contribution in [1.82, 2.24) is 4.57 Å². The quantitative estimate of drug-likeness (QED) is 0.320. The van der Waals surface area contributed by atoms with Gasteiger partial charge in [-0.05, 0) is 55.5 Å². The first-order chi connectivity index (χ1) is 16.6. The van der Waals surface area contributed by atoms with Crippen molar-refractivity contribution in [3.05, 3.63) is 78.4 Å². The summed E-state index contributed by atoms with van der Waals surface area (Å²) in [5.74, 6) is 1.54. The second-order valence-corrected chi connectivity index (χ2v) is 8.69. The summed E-state index contributed by atoms with van der Waals surface area (Å²) in [5.41, 5.74) is 12.1. The number of nitrogen functional groups attached to an aromatic ring is 1. The number of aromatic nitrogens is 1. The normalized spacial score (nSPS) is 13.1. The highest BCUT2D eigenvalue weighted by Gasteiger charge is 2.26. The highest BCUT2D eigenvalue weighted by atomic mass is 16.5. The van der Waals surface area contributed by atoms with Gasteiger partial charge in [-0.1, -0.05) is 42.5 Å². The monoisotopic (exact) mass is 455 g/mol. The van der Waals surface area contributed by atoms with Gasteiger partial charge in [-0.25, -0.2) is 4.79 Å². The number of anilines is 2. The van der Waals surface area contributed by atoms with Crippen LogP contribution in [0.5, 0.6) is 5.75 Å². The lowest BCUT2D eigenvalue weighted by molar-refractivity contribution is 0.155. The molecule has 1 amide bonds. The molecular formula is C28H29N3O3. The van der Waals surface area contributed by atoms with Crippen molar-refractivity contribution >= 4 is 28.4 Å². The van der Waals surface area contributed by atoms with Gasteiger partial charge in [0, 0.05) is 29.2 Å². The van der Waals surface area contributed by atoms with Gasteiger partial charge in [0.2, 0.25) is 0 Å². The molecule has 0 spiro atoms. The Bertz CT molecular complexity index is 1290. The van der Waals surface area contributed by atoms with Gasteiger partial charge in [-0.15, -0.1) is 0 Å². The summed E-state index contributed by atoms with van der Waals surface area (Å²) in [6.07, 6.45) is 2.01. The molecule has 4 aromatic rings. The number of nitrogens with zero attached hydrogens (tertiary/aromatic N) is 1. The van der Waals surface area contributed by atoms with Crippen molar-refractivity contribution in [1.29, 1.82) is 0 Å². The average Bonchev–Trinajstić information content (AvgIpc) is 3.64. The molecule has 1 aliphatic rings. The average molecular weight is 456 g/mol. The van der Waals surface area contributed by atoms with Crippen LogP contribution in [0.3, 0.4) is 0 Å². The lowest BCUT2D eigenvalue weighted by Gasteiger charge is -2.13. The molecule has 5 rings (SSSR count). The Hall–Kier alpha value is -3.93. The number of hydrogen-bond donors (Lipinski definition) is 2. The molecule has 6 nitrogen and oxygen atoms in total. The number of nitrogens with one attached hydrogen (secondary N) is 1. The van der Waals surface area contributed by atoms with Crippen LogP contribution in [0.4, 0.5) is 16.2 Å². The Morgan fingerprint density at radius 1 is 1.06 bits per heavy atom. The van der Waals surface area contributed by atoms with Crippen LogP contribution in [-0.2, 0) is 17.9 Å². The molecule has 1 heterocycles. The fraction of sp³-hybridized carbons (Fsp3) is 0.250. The maximum atomic E-state index is 12.2. The fourth-order valence-corrected chi connectivity index (χ4v) is 4.26. The molecule has 0 bridgehead atoms. The van der Waals surface area contributed by atoms with Gasteiger partial charge in [0.25, 0.3) is 0 Å². The SMILES string of the molecule is CCOc1ccc2c(N)c(-c3ccc(NC(=O)OCc4ccccc4)cc3)n(CC3CC3)c2c1. The lowest BCUT2D eigenvalue weighted by Crippen LogP contribution is -2.13. The van der Waals surface area contributed by atoms with Gasteiger partial charge in [0.1, 0.15) is 12.4 Å². The highest BCUT2D eigenvalue weighted by Crippen LogP contribution is 2.41. The molecule has 0 saturated heterocycles. The standard InChI is InChI=1S/C28H29N3O3/c1-2-33-23-14-15-24-25(16-23)31(17-19-8-9-19)27(26(24)29)21-10-12-22(13-11-21)30-28(32)34-18-20-6-4-3-5-7-20/h3-7,10-16,19H,2,8-9,17-18,29H2,1H3,(H,30,32). The summed E-state index contributed by atoms with van der Waals surface area (Å²) in [4.78, 5) is 12.2. The first kappa shape index (κ1) is 21.9. The van der Waals surface area contributed by atoms with Gasteiger partial charge in [-0.3, -0.25) is 5.32 Å². The molecule has 1 fully saturated rings. The van der Waals surface area contributed by atoms with E-state index < -0.39 is 6.09 Å². The van der Waals surface area contributed by atoms with Crippen LogP contribution in [0.1, 0.15) is 25.3 Å². The van der Waals surface area contributed by atoms with Gasteiger partial charge in [-0.2, -0.15) is 0 Å². The van der Waals surface area contributed by atoms with E-state index in [-0.39, 0.29) is 6.61 Å². The number of fused-ring (bicyclic) bond motifs is 1. The van der Waals surface area contributed by atoms with Crippen LogP contribution in [0.15, 0.2) is 72.8 Å². The lowest BCUT2D eigenvalue weighted by atomic mass is 10.1. The molecule has 1 aromatic heterocycles. The van der Waals surface area contributed by atoms with E-state index in [0.29, 0.717) is 18.2 Å². The minimum absolute atomic E-state index is 0.228. The molecular weight excluding hydrogens is 426 g/mol. The summed E-state index contributed by atoms with van der Waals surface area (Å²) >= 11 is 0. The largest absolute Gasteiger partial charge is 0.494 e. The zero-order valence-corrected chi connectivity index (χ0v) is 19.3. The molecule has 174 valence electrons. The first-order valence-electron chi connectivity index (χ1n) is 11.7. The Morgan fingerprint density at radius 2 is 1.82 bits per heavy atom. The molecule has 0 unspecified atom stereocenters. The Labute approximate surface area is 199 Å². The number of carbonyl (C=O) groups excluding carboxylic acids is 1. The second-order valence-electron chi connectivity index (χ2n) is 8.69. The van der Waals surface area contributed by atoms with Gasteiger partial charge < -0.3 is 19.8 Å². The maximum Gasteiger partial charge on any atom is 0.411 e. The number of hydrogen-bond acceptors (Lipinski definition) is 4. The molecule has 0 atom stereocenters. The van der Waals surface area contributed by atoms with Crippen molar-refractivity contribution in [2.45, 2.75) is 32.9 Å². The summed E-state index contributed by atoms with van der Waals surface area (Å²) < 4.78 is 13.4. The molecule has 0 radical (unpaired) electrons. The third-order valence-electron chi connectivity index (χ3n) is 6.14. The molecule has 34 heavy (non-hydrogen) atoms. The Kier molecular flexibility index (Phi) is 6.12. The van der Waals surface area contributed by atoms with Crippen molar-refractivity contribution in [3.63, 3.8) is 0 Å². The number of nitrogens with two attached hydrogens (primary N) is 1. The van der Waals surface area contributed by atoms with E-state index in [0.717, 1.165) is 45.7 Å². The van der Waals surface area contributed by atoms with Crippen molar-refractivity contribution < 1.29 is 14.3 Å². The molecule has 1 saturated carbocycles. The van der Waals surface area contributed by atoms with E-state index in [1.807, 2.05) is 73.7 Å². The zero-order chi connectivity index (χ0) is 23.5. The predicted molar refractivity (Wildman–Crippen MR) is 136 cm³/mol. The smallest absolute Gasteiger partial charge is 0.411 e. The van der Waals surface area contributed by atoms with E-state index in [1.165, 1.54) is 12.8 Å². The second kappa shape index (κ2) is 9.51. The molecule has 3 aromatic carbocycles. The number of ether oxygens (including phenoxy) is 2. The van der Waals surface area contributed by atoms with Crippen LogP contribution in [0.2, 0.25) is 0 Å². The van der Waals surface area contributed by atoms with Crippen LogP contribution < -0.4 is 15.8 Å². The molecule has 0 aliphatic heterocycles. The first-order valence-corrected chi connectivity index (χ1v) is 11.7. The Morgan fingerprint density at radius 3 is 2.53 bits per heavy atom. The molecule has 1 aliphatic carbocycles. The number of amides is 1. The summed E-state index contributed by atoms with van der Waals surface area (Å²) in [7, 11) is 0. The topological polar surface area (TPSA) is 78.5 Å². The van der Waals surface area contributed by atoms with Crippen LogP contribution in [-0.4, -0.2) is 17.3 Å². The molecule has 6 heteroatoms. The fourth-order valence-electron chi connectivity index (χ4n) is 4.26. The van der Waals surface area contributed by atoms with E-state index in [1.54, 1.807) is 0 Å². The van der Waals surface area contributed by atoms with Crippen LogP contribution in [0, 0.1) is 5.92 Å². The van der Waals surface area contributed by atoms with E-state index >= 15 is 0 Å². The molecule has 3 N–H and O–H groups in total. The number of carbonyl (C=O) groups is 1. The van der Waals surface area contributed by atoms with Crippen LogP contribution >= 0.6 is 0 Å². The van der Waals surface area contributed by atoms with E-state index in [9.17, 15) is 4.79 Å². The van der Waals surface area contributed by atoms with Crippen molar-refractivity contribution in [2.75, 3.05) is 17.7 Å². The van der Waals surface area contributed by atoms with E-state index in [4.69, 9.17) is 15.2 Å². The minimum Gasteiger partial charge on any atom is -0.494 e. The Balaban J connectivity index is 1.37.